The highest BCUT2D eigenvalue weighted by molar-refractivity contribution is 7.15. The maximum Gasteiger partial charge on any atom is 0.244 e. The number of fused-ring (bicyclic) bond motifs is 1. The van der Waals surface area contributed by atoms with Crippen LogP contribution in [0.25, 0.3) is 16.5 Å². The van der Waals surface area contributed by atoms with Gasteiger partial charge in [-0.25, -0.2) is 4.98 Å². The van der Waals surface area contributed by atoms with Crippen molar-refractivity contribution in [2.75, 3.05) is 12.3 Å². The normalized spacial score (nSPS) is 14.1. The molecule has 1 aliphatic heterocycles. The third-order valence-electron chi connectivity index (χ3n) is 9.16. The van der Waals surface area contributed by atoms with Crippen LogP contribution in [0.4, 0.5) is 5.82 Å². The zero-order valence-electron chi connectivity index (χ0n) is 28.3. The van der Waals surface area contributed by atoms with E-state index in [1.54, 1.807) is 18.3 Å². The number of unbranched alkanes of at least 4 members (excludes halogenated alkanes) is 13. The number of halogens is 1. The number of nitrogen functional groups attached to an aromatic ring is 1. The summed E-state index contributed by atoms with van der Waals surface area (Å²) in [4.78, 5) is 19.2. The Morgan fingerprint density at radius 3 is 2.26 bits per heavy atom. The quantitative estimate of drug-likeness (QED) is 0.0931. The molecule has 0 radical (unpaired) electrons. The summed E-state index contributed by atoms with van der Waals surface area (Å²) in [5.41, 5.74) is 11.5. The predicted molar refractivity (Wildman–Crippen MR) is 197 cm³/mol. The number of carbonyl (C=O) groups excluding carboxylic acids is 1. The van der Waals surface area contributed by atoms with Crippen molar-refractivity contribution in [2.24, 2.45) is 0 Å². The summed E-state index contributed by atoms with van der Waals surface area (Å²) < 4.78 is 6.16. The minimum atomic E-state index is -0.181. The molecule has 0 aliphatic carbocycles. The van der Waals surface area contributed by atoms with Gasteiger partial charge in [0.2, 0.25) is 5.91 Å². The first-order valence-electron chi connectivity index (χ1n) is 17.6. The predicted octanol–water partition coefficient (Wildman–Crippen LogP) is 10.8. The van der Waals surface area contributed by atoms with Gasteiger partial charge in [0, 0.05) is 34.0 Å². The molecule has 3 N–H and O–H groups in total. The maximum atomic E-state index is 12.4. The molecule has 4 rings (SSSR count). The second-order valence-electron chi connectivity index (χ2n) is 12.9. The Morgan fingerprint density at radius 2 is 1.63 bits per heavy atom. The van der Waals surface area contributed by atoms with Gasteiger partial charge in [-0.15, -0.1) is 11.3 Å². The van der Waals surface area contributed by atoms with Crippen LogP contribution in [0.3, 0.4) is 0 Å². The lowest BCUT2D eigenvalue weighted by Crippen LogP contribution is -2.33. The average molecular weight is 664 g/mol. The highest BCUT2D eigenvalue weighted by Gasteiger charge is 2.27. The van der Waals surface area contributed by atoms with E-state index in [2.05, 4.69) is 37.1 Å². The molecule has 1 aromatic carbocycles. The Balaban J connectivity index is 1.18. The van der Waals surface area contributed by atoms with Gasteiger partial charge in [0.15, 0.2) is 0 Å². The van der Waals surface area contributed by atoms with Gasteiger partial charge >= 0.3 is 0 Å². The van der Waals surface area contributed by atoms with Crippen LogP contribution in [0.5, 0.6) is 5.75 Å². The molecule has 1 atom stereocenters. The number of aromatic nitrogens is 1. The largest absolute Gasteiger partial charge is 0.486 e. The Hall–Kier alpha value is -2.83. The van der Waals surface area contributed by atoms with E-state index in [9.17, 15) is 4.79 Å². The van der Waals surface area contributed by atoms with Crippen molar-refractivity contribution in [2.45, 2.75) is 130 Å². The van der Waals surface area contributed by atoms with Gasteiger partial charge in [0.05, 0.1) is 11.6 Å². The number of rotatable bonds is 20. The van der Waals surface area contributed by atoms with E-state index in [1.807, 2.05) is 23.5 Å². The van der Waals surface area contributed by atoms with Crippen LogP contribution >= 0.6 is 22.9 Å². The summed E-state index contributed by atoms with van der Waals surface area (Å²) in [6.45, 7) is 7.20. The van der Waals surface area contributed by atoms with Crippen molar-refractivity contribution in [3.63, 3.8) is 0 Å². The number of ether oxygens (including phenoxy) is 1. The van der Waals surface area contributed by atoms with Gasteiger partial charge in [-0.05, 0) is 79.3 Å². The Morgan fingerprint density at radius 1 is 0.978 bits per heavy atom. The van der Waals surface area contributed by atoms with Crippen LogP contribution in [0.1, 0.15) is 124 Å². The summed E-state index contributed by atoms with van der Waals surface area (Å²) in [7, 11) is 0. The fourth-order valence-corrected chi connectivity index (χ4v) is 7.87. The molecule has 0 saturated heterocycles. The van der Waals surface area contributed by atoms with Crippen molar-refractivity contribution in [1.82, 2.24) is 10.3 Å². The number of nitrogens with zero attached hydrogens (tertiary/aromatic N) is 1. The number of amides is 1. The van der Waals surface area contributed by atoms with Crippen molar-refractivity contribution in [3.8, 4) is 16.2 Å². The lowest BCUT2D eigenvalue weighted by molar-refractivity contribution is -0.116. The van der Waals surface area contributed by atoms with Gasteiger partial charge in [-0.2, -0.15) is 0 Å². The lowest BCUT2D eigenvalue weighted by Gasteiger charge is -2.11. The first kappa shape index (κ1) is 36.0. The fraction of sp³-hybridized carbons (Fsp3) is 0.538. The Bertz CT molecular complexity index is 1420. The summed E-state index contributed by atoms with van der Waals surface area (Å²) >= 11 is 8.67. The van der Waals surface area contributed by atoms with Gasteiger partial charge in [0.25, 0.3) is 0 Å². The van der Waals surface area contributed by atoms with Crippen molar-refractivity contribution in [1.29, 1.82) is 0 Å². The van der Waals surface area contributed by atoms with Gasteiger partial charge in [-0.1, -0.05) is 102 Å². The molecule has 1 aliphatic rings. The standard InChI is InChI=1S/C39H54ClN3O2S/c1-4-5-6-7-8-9-10-11-12-13-14-15-16-17-18-35-28(2)29(3)39(46-35)32-23-31-24-33(45-38(31)34(40)25-32)27-43-37(44)22-20-30-19-21-36(41)42-26-30/h19-23,25-26,33H,4-18,24,27H2,1-3H3,(H2,41,42)(H,43,44). The number of hydrogen-bond donors (Lipinski definition) is 2. The van der Waals surface area contributed by atoms with E-state index >= 15 is 0 Å². The molecule has 3 heterocycles. The molecule has 1 unspecified atom stereocenters. The molecule has 250 valence electrons. The molecule has 0 fully saturated rings. The second-order valence-corrected chi connectivity index (χ2v) is 14.4. The van der Waals surface area contributed by atoms with Crippen molar-refractivity contribution in [3.05, 3.63) is 68.7 Å². The minimum absolute atomic E-state index is 0.152. The molecule has 3 aromatic rings. The number of nitrogens with two attached hydrogens (primary N) is 1. The van der Waals surface area contributed by atoms with Crippen molar-refractivity contribution < 1.29 is 9.53 Å². The van der Waals surface area contributed by atoms with E-state index < -0.39 is 0 Å². The summed E-state index contributed by atoms with van der Waals surface area (Å²) in [6.07, 6.45) is 26.0. The van der Waals surface area contributed by atoms with Gasteiger partial charge < -0.3 is 15.8 Å². The number of aryl methyl sites for hydroxylation is 1. The zero-order chi connectivity index (χ0) is 32.7. The number of anilines is 1. The topological polar surface area (TPSA) is 77.2 Å². The maximum absolute atomic E-state index is 12.4. The molecule has 7 heteroatoms. The number of thiophene rings is 1. The number of benzene rings is 1. The third-order valence-corrected chi connectivity index (χ3v) is 10.9. The van der Waals surface area contributed by atoms with E-state index in [0.29, 0.717) is 23.8 Å². The Labute approximate surface area is 286 Å². The van der Waals surface area contributed by atoms with Gasteiger partial charge in [0.1, 0.15) is 17.7 Å². The highest BCUT2D eigenvalue weighted by Crippen LogP contribution is 2.43. The fourth-order valence-electron chi connectivity index (χ4n) is 6.24. The minimum Gasteiger partial charge on any atom is -0.486 e. The third kappa shape index (κ3) is 11.2. The number of carbonyl (C=O) groups is 1. The molecule has 0 bridgehead atoms. The highest BCUT2D eigenvalue weighted by atomic mass is 35.5. The molecule has 5 nitrogen and oxygen atoms in total. The summed E-state index contributed by atoms with van der Waals surface area (Å²) in [6, 6.07) is 7.80. The Kier molecular flexibility index (Phi) is 15.0. The molecule has 46 heavy (non-hydrogen) atoms. The van der Waals surface area contributed by atoms with Crippen molar-refractivity contribution >= 4 is 40.7 Å². The van der Waals surface area contributed by atoms with Crippen LogP contribution in [0, 0.1) is 13.8 Å². The van der Waals surface area contributed by atoms with E-state index in [-0.39, 0.29) is 12.0 Å². The van der Waals surface area contributed by atoms with E-state index in [4.69, 9.17) is 22.1 Å². The number of hydrogen-bond acceptors (Lipinski definition) is 5. The van der Waals surface area contributed by atoms with E-state index in [1.165, 1.54) is 117 Å². The number of nitrogens with one attached hydrogen (secondary N) is 1. The van der Waals surface area contributed by atoms with E-state index in [0.717, 1.165) is 28.9 Å². The molecule has 2 aromatic heterocycles. The average Bonchev–Trinajstić information content (AvgIpc) is 3.60. The van der Waals surface area contributed by atoms with Crippen LogP contribution < -0.4 is 15.8 Å². The number of pyridine rings is 1. The smallest absolute Gasteiger partial charge is 0.244 e. The van der Waals surface area contributed by atoms with Crippen LogP contribution in [-0.4, -0.2) is 23.5 Å². The SMILES string of the molecule is CCCCCCCCCCCCCCCCc1sc(-c2cc(Cl)c3c(c2)CC(CNC(=O)C=Cc2ccc(N)nc2)O3)c(C)c1C. The lowest BCUT2D eigenvalue weighted by atomic mass is 10.0. The zero-order valence-corrected chi connectivity index (χ0v) is 29.8. The molecule has 0 spiro atoms. The summed E-state index contributed by atoms with van der Waals surface area (Å²) in [5.74, 6) is 1.01. The summed E-state index contributed by atoms with van der Waals surface area (Å²) in [5, 5.41) is 3.58. The molecular weight excluding hydrogens is 610 g/mol. The molecule has 1 amide bonds. The first-order chi connectivity index (χ1) is 22.4. The van der Waals surface area contributed by atoms with Crippen LogP contribution in [0.15, 0.2) is 36.5 Å². The first-order valence-corrected chi connectivity index (χ1v) is 18.8. The monoisotopic (exact) mass is 663 g/mol. The molecular formula is C39H54ClN3O2S. The molecule has 0 saturated carbocycles. The van der Waals surface area contributed by atoms with Gasteiger partial charge in [-0.3, -0.25) is 4.79 Å². The van der Waals surface area contributed by atoms with Crippen LogP contribution in [0.2, 0.25) is 5.02 Å². The van der Waals surface area contributed by atoms with Crippen LogP contribution in [-0.2, 0) is 17.6 Å². The second kappa shape index (κ2) is 19.1.